The largest absolute Gasteiger partial charge is 0.462 e. The minimum Gasteiger partial charge on any atom is -0.462 e. The Morgan fingerprint density at radius 1 is 1.53 bits per heavy atom. The van der Waals surface area contributed by atoms with E-state index < -0.39 is 0 Å². The molecule has 2 nitrogen and oxygen atoms in total. The van der Waals surface area contributed by atoms with E-state index in [0.29, 0.717) is 11.5 Å². The van der Waals surface area contributed by atoms with Gasteiger partial charge in [0.1, 0.15) is 0 Å². The highest BCUT2D eigenvalue weighted by Gasteiger charge is 2.10. The van der Waals surface area contributed by atoms with E-state index in [1.807, 2.05) is 24.3 Å². The molecule has 1 aromatic rings. The second-order valence-electron chi connectivity index (χ2n) is 2.68. The first kappa shape index (κ1) is 12.6. The Hall–Kier alpha value is -0.490. The topological polar surface area (TPSA) is 26.3 Å². The monoisotopic (exact) mass is 334 g/mol. The van der Waals surface area contributed by atoms with Gasteiger partial charge in [0, 0.05) is 8.47 Å². The molecule has 0 atom stereocenters. The zero-order chi connectivity index (χ0) is 11.3. The van der Waals surface area contributed by atoms with E-state index in [-0.39, 0.29) is 5.97 Å². The summed E-state index contributed by atoms with van der Waals surface area (Å²) < 4.78 is 5.96. The fraction of sp³-hybridized carbons (Fsp3) is 0.182. The molecule has 0 radical (unpaired) electrons. The predicted octanol–water partition coefficient (Wildman–Crippen LogP) is 3.46. The number of thioether (sulfide) groups is 1. The summed E-state index contributed by atoms with van der Waals surface area (Å²) in [5.41, 5.74) is 0. The van der Waals surface area contributed by atoms with Crippen molar-refractivity contribution in [1.82, 2.24) is 0 Å². The number of carbonyl (C=O) groups is 1. The standard InChI is InChI=1S/C11H11IO2S/c1-3-14-11(13)8(2)15-10-7-5-4-6-9(10)12/h4-7H,2-3H2,1H3. The van der Waals surface area contributed by atoms with Crippen LogP contribution in [-0.2, 0) is 9.53 Å². The first-order valence-corrected chi connectivity index (χ1v) is 6.33. The Morgan fingerprint density at radius 3 is 2.80 bits per heavy atom. The summed E-state index contributed by atoms with van der Waals surface area (Å²) >= 11 is 3.57. The maximum Gasteiger partial charge on any atom is 0.344 e. The van der Waals surface area contributed by atoms with E-state index in [4.69, 9.17) is 4.74 Å². The molecule has 0 spiro atoms. The van der Waals surface area contributed by atoms with Gasteiger partial charge in [-0.15, -0.1) is 0 Å². The fourth-order valence-corrected chi connectivity index (χ4v) is 2.35. The zero-order valence-electron chi connectivity index (χ0n) is 8.33. The predicted molar refractivity (Wildman–Crippen MR) is 70.8 cm³/mol. The second-order valence-corrected chi connectivity index (χ2v) is 4.98. The summed E-state index contributed by atoms with van der Waals surface area (Å²) in [6.07, 6.45) is 0. The summed E-state index contributed by atoms with van der Waals surface area (Å²) in [5, 5.41) is 0. The third-order valence-corrected chi connectivity index (χ3v) is 3.87. The van der Waals surface area contributed by atoms with Crippen molar-refractivity contribution in [2.24, 2.45) is 0 Å². The minimum atomic E-state index is -0.345. The maximum atomic E-state index is 11.3. The molecule has 0 fully saturated rings. The summed E-state index contributed by atoms with van der Waals surface area (Å²) in [6.45, 7) is 5.85. The van der Waals surface area contributed by atoms with Crippen molar-refractivity contribution in [3.63, 3.8) is 0 Å². The van der Waals surface area contributed by atoms with Crippen LogP contribution in [0.4, 0.5) is 0 Å². The summed E-state index contributed by atoms with van der Waals surface area (Å²) in [7, 11) is 0. The first-order valence-electron chi connectivity index (χ1n) is 4.43. The Bertz CT molecular complexity index is 377. The van der Waals surface area contributed by atoms with Crippen LogP contribution in [-0.4, -0.2) is 12.6 Å². The van der Waals surface area contributed by atoms with Crippen LogP contribution in [0.25, 0.3) is 0 Å². The smallest absolute Gasteiger partial charge is 0.344 e. The molecular weight excluding hydrogens is 323 g/mol. The van der Waals surface area contributed by atoms with Crippen LogP contribution in [0.1, 0.15) is 6.92 Å². The van der Waals surface area contributed by atoms with E-state index >= 15 is 0 Å². The first-order chi connectivity index (χ1) is 7.15. The third kappa shape index (κ3) is 3.87. The third-order valence-electron chi connectivity index (χ3n) is 1.57. The van der Waals surface area contributed by atoms with Gasteiger partial charge in [-0.25, -0.2) is 4.79 Å². The van der Waals surface area contributed by atoms with Crippen LogP contribution in [0.5, 0.6) is 0 Å². The van der Waals surface area contributed by atoms with Crippen LogP contribution in [0.2, 0.25) is 0 Å². The van der Waals surface area contributed by atoms with Crippen molar-refractivity contribution in [2.75, 3.05) is 6.61 Å². The molecule has 0 heterocycles. The molecule has 0 saturated carbocycles. The summed E-state index contributed by atoms with van der Waals surface area (Å²) in [5.74, 6) is -0.345. The molecule has 0 bridgehead atoms. The van der Waals surface area contributed by atoms with Crippen LogP contribution in [0.3, 0.4) is 0 Å². The second kappa shape index (κ2) is 6.17. The number of benzene rings is 1. The van der Waals surface area contributed by atoms with Crippen LogP contribution < -0.4 is 0 Å². The van der Waals surface area contributed by atoms with E-state index in [0.717, 1.165) is 8.47 Å². The van der Waals surface area contributed by atoms with E-state index in [1.54, 1.807) is 6.92 Å². The molecule has 0 saturated heterocycles. The van der Waals surface area contributed by atoms with Gasteiger partial charge in [-0.1, -0.05) is 30.5 Å². The normalized spacial score (nSPS) is 9.73. The molecule has 4 heteroatoms. The quantitative estimate of drug-likeness (QED) is 0.365. The van der Waals surface area contributed by atoms with Gasteiger partial charge in [0.05, 0.1) is 11.5 Å². The number of esters is 1. The highest BCUT2D eigenvalue weighted by atomic mass is 127. The lowest BCUT2D eigenvalue weighted by Crippen LogP contribution is -2.04. The number of carbonyl (C=O) groups excluding carboxylic acids is 1. The number of hydrogen-bond donors (Lipinski definition) is 0. The average molecular weight is 334 g/mol. The van der Waals surface area contributed by atoms with Gasteiger partial charge in [-0.2, -0.15) is 0 Å². The SMILES string of the molecule is C=C(Sc1ccccc1I)C(=O)OCC. The Morgan fingerprint density at radius 2 is 2.20 bits per heavy atom. The van der Waals surface area contributed by atoms with Crippen molar-refractivity contribution in [3.8, 4) is 0 Å². The van der Waals surface area contributed by atoms with Gasteiger partial charge in [0.25, 0.3) is 0 Å². The molecule has 0 amide bonds. The van der Waals surface area contributed by atoms with Crippen LogP contribution in [0, 0.1) is 3.57 Å². The van der Waals surface area contributed by atoms with E-state index in [2.05, 4.69) is 29.2 Å². The summed E-state index contributed by atoms with van der Waals surface area (Å²) in [4.78, 5) is 12.8. The van der Waals surface area contributed by atoms with Crippen molar-refractivity contribution in [1.29, 1.82) is 0 Å². The molecule has 0 aliphatic rings. The highest BCUT2D eigenvalue weighted by Crippen LogP contribution is 2.29. The van der Waals surface area contributed by atoms with Gasteiger partial charge >= 0.3 is 5.97 Å². The van der Waals surface area contributed by atoms with Gasteiger partial charge in [-0.3, -0.25) is 0 Å². The Labute approximate surface area is 107 Å². The Balaban J connectivity index is 2.67. The van der Waals surface area contributed by atoms with Crippen molar-refractivity contribution in [2.45, 2.75) is 11.8 Å². The molecule has 1 aromatic carbocycles. The summed E-state index contributed by atoms with van der Waals surface area (Å²) in [6, 6.07) is 7.83. The van der Waals surface area contributed by atoms with Gasteiger partial charge in [0.15, 0.2) is 0 Å². The lowest BCUT2D eigenvalue weighted by Gasteiger charge is -2.06. The lowest BCUT2D eigenvalue weighted by atomic mass is 10.4. The van der Waals surface area contributed by atoms with Crippen molar-refractivity contribution < 1.29 is 9.53 Å². The van der Waals surface area contributed by atoms with Crippen molar-refractivity contribution >= 4 is 40.3 Å². The van der Waals surface area contributed by atoms with Gasteiger partial charge in [0.2, 0.25) is 0 Å². The van der Waals surface area contributed by atoms with Crippen molar-refractivity contribution in [3.05, 3.63) is 39.3 Å². The van der Waals surface area contributed by atoms with E-state index in [9.17, 15) is 4.79 Å². The maximum absolute atomic E-state index is 11.3. The average Bonchev–Trinajstić information content (AvgIpc) is 2.21. The van der Waals surface area contributed by atoms with Gasteiger partial charge in [-0.05, 0) is 41.6 Å². The zero-order valence-corrected chi connectivity index (χ0v) is 11.3. The molecule has 0 aliphatic carbocycles. The van der Waals surface area contributed by atoms with Gasteiger partial charge < -0.3 is 4.74 Å². The molecule has 1 rings (SSSR count). The fourth-order valence-electron chi connectivity index (χ4n) is 0.913. The number of ether oxygens (including phenoxy) is 1. The highest BCUT2D eigenvalue weighted by molar-refractivity contribution is 14.1. The Kier molecular flexibility index (Phi) is 5.17. The number of rotatable bonds is 4. The molecule has 0 N–H and O–H groups in total. The lowest BCUT2D eigenvalue weighted by molar-refractivity contribution is -0.137. The molecule has 0 aliphatic heterocycles. The molecule has 15 heavy (non-hydrogen) atoms. The molecule has 0 unspecified atom stereocenters. The number of hydrogen-bond acceptors (Lipinski definition) is 3. The van der Waals surface area contributed by atoms with Crippen LogP contribution >= 0.6 is 34.4 Å². The minimum absolute atomic E-state index is 0.345. The number of halogens is 1. The van der Waals surface area contributed by atoms with Crippen LogP contribution in [0.15, 0.2) is 40.6 Å². The molecular formula is C11H11IO2S. The van der Waals surface area contributed by atoms with E-state index in [1.165, 1.54) is 11.8 Å². The molecule has 80 valence electrons. The molecule has 0 aromatic heterocycles.